The van der Waals surface area contributed by atoms with Crippen molar-refractivity contribution in [2.24, 2.45) is 0 Å². The summed E-state index contributed by atoms with van der Waals surface area (Å²) in [5.74, 6) is 1.21. The molecule has 2 aliphatic rings. The minimum atomic E-state index is -3.79. The molecule has 0 unspecified atom stereocenters. The maximum atomic E-state index is 13.4. The second-order valence-electron chi connectivity index (χ2n) is 7.91. The van der Waals surface area contributed by atoms with Gasteiger partial charge < -0.3 is 0 Å². The van der Waals surface area contributed by atoms with Crippen LogP contribution in [-0.4, -0.2) is 66.3 Å². The first kappa shape index (κ1) is 23.4. The molecule has 3 atom stereocenters. The average Bonchev–Trinajstić information content (AvgIpc) is 2.76. The van der Waals surface area contributed by atoms with Crippen LogP contribution < -0.4 is 0 Å². The highest BCUT2D eigenvalue weighted by atomic mass is 79.9. The summed E-state index contributed by atoms with van der Waals surface area (Å²) in [4.78, 5) is 12.9. The molecule has 2 aromatic rings. The third-order valence-electron chi connectivity index (χ3n) is 6.14. The molecule has 0 bridgehead atoms. The van der Waals surface area contributed by atoms with E-state index < -0.39 is 14.9 Å². The van der Waals surface area contributed by atoms with Gasteiger partial charge in [-0.3, -0.25) is 15.0 Å². The van der Waals surface area contributed by atoms with Crippen LogP contribution in [0.25, 0.3) is 0 Å². The Kier molecular flexibility index (Phi) is 7.06. The molecule has 4 rings (SSSR count). The fourth-order valence-electron chi connectivity index (χ4n) is 4.56. The largest absolute Gasteiger partial charge is 0.290 e. The standard InChI is InChI=1S/C22H24BrN3O4S2/c1-31-15-21-22(16-4-6-17(23)7-5-16)20-14-24(12-2-3-13-25(20)21)32(29,30)19-10-8-18(9-11-19)26(27)28/h2-11,20-22H,12-15H2,1H3/b3-2-/t20-,21+,22+/m0/s1. The Bertz CT molecular complexity index is 1110. The highest BCUT2D eigenvalue weighted by Gasteiger charge is 2.49. The molecule has 2 aromatic carbocycles. The molecule has 0 aromatic heterocycles. The molecular formula is C22H24BrN3O4S2. The summed E-state index contributed by atoms with van der Waals surface area (Å²) in [6.07, 6.45) is 6.02. The van der Waals surface area contributed by atoms with Crippen molar-refractivity contribution in [1.29, 1.82) is 0 Å². The Morgan fingerprint density at radius 2 is 1.75 bits per heavy atom. The van der Waals surface area contributed by atoms with Crippen molar-refractivity contribution < 1.29 is 13.3 Å². The van der Waals surface area contributed by atoms with E-state index in [0.717, 1.165) is 16.8 Å². The number of hydrogen-bond donors (Lipinski definition) is 0. The van der Waals surface area contributed by atoms with Crippen LogP contribution in [-0.2, 0) is 10.0 Å². The van der Waals surface area contributed by atoms with E-state index in [9.17, 15) is 18.5 Å². The van der Waals surface area contributed by atoms with Crippen molar-refractivity contribution >= 4 is 43.4 Å². The van der Waals surface area contributed by atoms with Crippen LogP contribution in [0.2, 0.25) is 0 Å². The lowest BCUT2D eigenvalue weighted by molar-refractivity contribution is -0.384. The molecule has 0 amide bonds. The zero-order valence-corrected chi connectivity index (χ0v) is 20.7. The van der Waals surface area contributed by atoms with E-state index in [0.29, 0.717) is 12.6 Å². The second kappa shape index (κ2) is 9.64. The van der Waals surface area contributed by atoms with Gasteiger partial charge in [-0.15, -0.1) is 0 Å². The minimum Gasteiger partial charge on any atom is -0.290 e. The third kappa shape index (κ3) is 4.51. The lowest BCUT2D eigenvalue weighted by Gasteiger charge is -2.56. The molecule has 32 heavy (non-hydrogen) atoms. The summed E-state index contributed by atoms with van der Waals surface area (Å²) in [5.41, 5.74) is 1.09. The van der Waals surface area contributed by atoms with Crippen molar-refractivity contribution in [3.05, 3.63) is 80.8 Å². The lowest BCUT2D eigenvalue weighted by atomic mass is 9.75. The Morgan fingerprint density at radius 1 is 1.09 bits per heavy atom. The zero-order chi connectivity index (χ0) is 22.9. The maximum Gasteiger partial charge on any atom is 0.269 e. The van der Waals surface area contributed by atoms with Crippen LogP contribution in [0, 0.1) is 10.1 Å². The smallest absolute Gasteiger partial charge is 0.269 e. The number of nitrogens with zero attached hydrogens (tertiary/aromatic N) is 3. The molecule has 0 aliphatic carbocycles. The molecule has 7 nitrogen and oxygen atoms in total. The lowest BCUT2D eigenvalue weighted by Crippen LogP contribution is -2.67. The number of non-ortho nitro benzene ring substituents is 1. The van der Waals surface area contributed by atoms with Gasteiger partial charge in [0.15, 0.2) is 0 Å². The van der Waals surface area contributed by atoms with E-state index in [2.05, 4.69) is 39.2 Å². The number of benzene rings is 2. The van der Waals surface area contributed by atoms with E-state index in [1.54, 1.807) is 11.8 Å². The first-order valence-corrected chi connectivity index (χ1v) is 13.9. The number of nitro benzene ring substituents is 1. The van der Waals surface area contributed by atoms with Crippen LogP contribution in [0.15, 0.2) is 70.1 Å². The molecule has 0 saturated carbocycles. The van der Waals surface area contributed by atoms with Crippen LogP contribution in [0.5, 0.6) is 0 Å². The fraction of sp³-hybridized carbons (Fsp3) is 0.364. The summed E-state index contributed by atoms with van der Waals surface area (Å²) >= 11 is 5.29. The Labute approximate surface area is 200 Å². The van der Waals surface area contributed by atoms with Gasteiger partial charge in [0.2, 0.25) is 10.0 Å². The van der Waals surface area contributed by atoms with Crippen LogP contribution >= 0.6 is 27.7 Å². The summed E-state index contributed by atoms with van der Waals surface area (Å²) in [6.45, 7) is 1.45. The Morgan fingerprint density at radius 3 is 2.38 bits per heavy atom. The number of halogens is 1. The van der Waals surface area contributed by atoms with Crippen molar-refractivity contribution in [1.82, 2.24) is 9.21 Å². The number of fused-ring (bicyclic) bond motifs is 1. The van der Waals surface area contributed by atoms with Gasteiger partial charge in [0, 0.05) is 60.0 Å². The SMILES string of the molecule is CSC[C@@H]1[C@H](c2ccc(Br)cc2)[C@@H]2CN(S(=O)(=O)c3ccc([N+](=O)[O-])cc3)C/C=C\CN12. The van der Waals surface area contributed by atoms with Crippen molar-refractivity contribution in [2.75, 3.05) is 31.6 Å². The van der Waals surface area contributed by atoms with E-state index in [-0.39, 0.29) is 29.1 Å². The monoisotopic (exact) mass is 537 g/mol. The molecular weight excluding hydrogens is 514 g/mol. The summed E-state index contributed by atoms with van der Waals surface area (Å²) < 4.78 is 29.3. The first-order chi connectivity index (χ1) is 15.3. The van der Waals surface area contributed by atoms with Gasteiger partial charge in [-0.2, -0.15) is 16.1 Å². The average molecular weight is 538 g/mol. The third-order valence-corrected chi connectivity index (χ3v) is 9.19. The number of sulfonamides is 1. The normalized spacial score (nSPS) is 25.2. The highest BCUT2D eigenvalue weighted by molar-refractivity contribution is 9.10. The predicted molar refractivity (Wildman–Crippen MR) is 131 cm³/mol. The maximum absolute atomic E-state index is 13.4. The molecule has 2 aliphatic heterocycles. The number of rotatable bonds is 6. The highest BCUT2D eigenvalue weighted by Crippen LogP contribution is 2.43. The molecule has 2 heterocycles. The van der Waals surface area contributed by atoms with Crippen molar-refractivity contribution in [3.63, 3.8) is 0 Å². The van der Waals surface area contributed by atoms with Gasteiger partial charge in [-0.1, -0.05) is 40.2 Å². The fourth-order valence-corrected chi connectivity index (χ4v) is 6.97. The Hall–Kier alpha value is -1.72. The topological polar surface area (TPSA) is 83.8 Å². The number of thioether (sulfide) groups is 1. The Balaban J connectivity index is 1.64. The van der Waals surface area contributed by atoms with E-state index >= 15 is 0 Å². The van der Waals surface area contributed by atoms with Crippen molar-refractivity contribution in [2.45, 2.75) is 22.9 Å². The molecule has 0 spiro atoms. The second-order valence-corrected chi connectivity index (χ2v) is 11.7. The first-order valence-electron chi connectivity index (χ1n) is 10.2. The van der Waals surface area contributed by atoms with E-state index in [1.807, 2.05) is 24.3 Å². The summed E-state index contributed by atoms with van der Waals surface area (Å²) in [6, 6.07) is 13.8. The van der Waals surface area contributed by atoms with Crippen molar-refractivity contribution in [3.8, 4) is 0 Å². The van der Waals surface area contributed by atoms with Gasteiger partial charge in [-0.25, -0.2) is 8.42 Å². The molecule has 170 valence electrons. The quantitative estimate of drug-likeness (QED) is 0.313. The van der Waals surface area contributed by atoms with Gasteiger partial charge in [0.1, 0.15) is 0 Å². The van der Waals surface area contributed by atoms with E-state index in [4.69, 9.17) is 0 Å². The molecule has 0 radical (unpaired) electrons. The number of hydrogen-bond acceptors (Lipinski definition) is 6. The van der Waals surface area contributed by atoms with Crippen LogP contribution in [0.1, 0.15) is 11.5 Å². The van der Waals surface area contributed by atoms with Gasteiger partial charge >= 0.3 is 0 Å². The number of nitro groups is 1. The minimum absolute atomic E-state index is 0.0612. The van der Waals surface area contributed by atoms with Gasteiger partial charge in [-0.05, 0) is 36.1 Å². The van der Waals surface area contributed by atoms with E-state index in [1.165, 1.54) is 34.1 Å². The van der Waals surface area contributed by atoms with Crippen LogP contribution in [0.3, 0.4) is 0 Å². The summed E-state index contributed by atoms with van der Waals surface area (Å²) in [5, 5.41) is 10.9. The molecule has 1 fully saturated rings. The van der Waals surface area contributed by atoms with Gasteiger partial charge in [0.25, 0.3) is 5.69 Å². The molecule has 1 saturated heterocycles. The molecule has 0 N–H and O–H groups in total. The predicted octanol–water partition coefficient (Wildman–Crippen LogP) is 4.12. The molecule has 10 heteroatoms. The zero-order valence-electron chi connectivity index (χ0n) is 17.5. The van der Waals surface area contributed by atoms with Gasteiger partial charge in [0.05, 0.1) is 9.82 Å². The van der Waals surface area contributed by atoms with Crippen LogP contribution in [0.4, 0.5) is 5.69 Å². The summed E-state index contributed by atoms with van der Waals surface area (Å²) in [7, 11) is -3.79.